The van der Waals surface area contributed by atoms with Gasteiger partial charge in [-0.3, -0.25) is 0 Å². The molecule has 170 valence electrons. The maximum atomic E-state index is 13.1. The van der Waals surface area contributed by atoms with E-state index in [9.17, 15) is 8.42 Å². The smallest absolute Gasteiger partial charge is 0.243 e. The van der Waals surface area contributed by atoms with Crippen LogP contribution in [0.5, 0.6) is 0 Å². The van der Waals surface area contributed by atoms with Crippen LogP contribution in [0.2, 0.25) is 0 Å². The number of sulfonamides is 1. The lowest BCUT2D eigenvalue weighted by molar-refractivity contribution is 0.0730. The van der Waals surface area contributed by atoms with E-state index in [1.165, 1.54) is 21.1 Å². The van der Waals surface area contributed by atoms with Gasteiger partial charge < -0.3 is 14.2 Å². The molecule has 0 saturated carbocycles. The molecule has 2 aliphatic rings. The van der Waals surface area contributed by atoms with Crippen molar-refractivity contribution >= 4 is 26.7 Å². The molecular weight excluding hydrogens is 424 g/mol. The van der Waals surface area contributed by atoms with Gasteiger partial charge in [-0.1, -0.05) is 17.7 Å². The number of hydrogen-bond donors (Lipinski definition) is 0. The molecule has 0 unspecified atom stereocenters. The lowest BCUT2D eigenvalue weighted by Gasteiger charge is -2.31. The lowest BCUT2D eigenvalue weighted by Crippen LogP contribution is -2.40. The first-order valence-corrected chi connectivity index (χ1v) is 12.8. The van der Waals surface area contributed by atoms with Crippen molar-refractivity contribution in [1.82, 2.24) is 13.9 Å². The van der Waals surface area contributed by atoms with Gasteiger partial charge in [0.2, 0.25) is 10.0 Å². The second-order valence-corrected chi connectivity index (χ2v) is 10.5. The number of nitrogens with zero attached hydrogens (tertiary/aromatic N) is 4. The molecule has 0 aliphatic carbocycles. The Balaban J connectivity index is 1.49. The highest BCUT2D eigenvalue weighted by Crippen LogP contribution is 2.30. The van der Waals surface area contributed by atoms with Gasteiger partial charge in [-0.25, -0.2) is 13.4 Å². The van der Waals surface area contributed by atoms with E-state index < -0.39 is 10.0 Å². The van der Waals surface area contributed by atoms with Crippen LogP contribution in [0.15, 0.2) is 41.3 Å². The molecule has 3 heterocycles. The molecule has 0 spiro atoms. The van der Waals surface area contributed by atoms with Crippen molar-refractivity contribution in [1.29, 1.82) is 0 Å². The van der Waals surface area contributed by atoms with Crippen LogP contribution in [0.1, 0.15) is 30.3 Å². The molecule has 1 fully saturated rings. The number of rotatable bonds is 5. The van der Waals surface area contributed by atoms with Crippen molar-refractivity contribution in [3.05, 3.63) is 53.3 Å². The molecule has 0 N–H and O–H groups in total. The average molecular weight is 455 g/mol. The van der Waals surface area contributed by atoms with Crippen LogP contribution >= 0.6 is 0 Å². The molecule has 0 bridgehead atoms. The number of anilines is 1. The van der Waals surface area contributed by atoms with E-state index in [0.717, 1.165) is 42.8 Å². The molecule has 2 aromatic carbocycles. The molecule has 1 aromatic heterocycles. The Morgan fingerprint density at radius 2 is 1.88 bits per heavy atom. The predicted octanol–water partition coefficient (Wildman–Crippen LogP) is 3.34. The topological polar surface area (TPSA) is 67.7 Å². The van der Waals surface area contributed by atoms with Gasteiger partial charge in [0.1, 0.15) is 5.82 Å². The van der Waals surface area contributed by atoms with E-state index in [0.29, 0.717) is 37.7 Å². The molecule has 2 aliphatic heterocycles. The molecule has 0 radical (unpaired) electrons. The minimum atomic E-state index is -3.54. The van der Waals surface area contributed by atoms with Crippen LogP contribution in [0.4, 0.5) is 5.69 Å². The zero-order valence-electron chi connectivity index (χ0n) is 18.7. The summed E-state index contributed by atoms with van der Waals surface area (Å²) >= 11 is 0. The Labute approximate surface area is 189 Å². The molecular formula is C24H30N4O3S. The van der Waals surface area contributed by atoms with Crippen molar-refractivity contribution < 1.29 is 13.2 Å². The van der Waals surface area contributed by atoms with Crippen molar-refractivity contribution in [2.45, 2.75) is 44.7 Å². The zero-order chi connectivity index (χ0) is 22.3. The quantitative estimate of drug-likeness (QED) is 0.592. The first-order valence-electron chi connectivity index (χ1n) is 11.4. The fraction of sp³-hybridized carbons (Fsp3) is 0.458. The Bertz CT molecular complexity index is 1250. The van der Waals surface area contributed by atoms with E-state index in [2.05, 4.69) is 41.5 Å². The summed E-state index contributed by atoms with van der Waals surface area (Å²) in [5.74, 6) is 0.969. The number of hydrogen-bond acceptors (Lipinski definition) is 5. The molecule has 5 rings (SSSR count). The van der Waals surface area contributed by atoms with Crippen molar-refractivity contribution in [3.63, 3.8) is 0 Å². The van der Waals surface area contributed by atoms with Gasteiger partial charge in [0.05, 0.1) is 35.7 Å². The lowest BCUT2D eigenvalue weighted by atomic mass is 9.99. The monoisotopic (exact) mass is 454 g/mol. The fourth-order valence-electron chi connectivity index (χ4n) is 4.87. The van der Waals surface area contributed by atoms with Crippen LogP contribution in [0, 0.1) is 6.92 Å². The van der Waals surface area contributed by atoms with E-state index in [1.54, 1.807) is 12.1 Å². The summed E-state index contributed by atoms with van der Waals surface area (Å²) in [6, 6.07) is 12.0. The number of aryl methyl sites for hydroxylation is 3. The minimum Gasteiger partial charge on any atom is -0.379 e. The Kier molecular flexibility index (Phi) is 5.69. The van der Waals surface area contributed by atoms with E-state index in [1.807, 2.05) is 6.07 Å². The molecule has 32 heavy (non-hydrogen) atoms. The first kappa shape index (κ1) is 21.4. The summed E-state index contributed by atoms with van der Waals surface area (Å²) < 4.78 is 35.2. The highest BCUT2D eigenvalue weighted by molar-refractivity contribution is 7.89. The third-order valence-corrected chi connectivity index (χ3v) is 8.40. The van der Waals surface area contributed by atoms with Crippen LogP contribution in [0.3, 0.4) is 0 Å². The summed E-state index contributed by atoms with van der Waals surface area (Å²) in [5.41, 5.74) is 5.68. The summed E-state index contributed by atoms with van der Waals surface area (Å²) in [6.07, 6.45) is 2.24. The number of ether oxygens (including phenoxy) is 1. The van der Waals surface area contributed by atoms with Crippen LogP contribution in [-0.2, 0) is 34.3 Å². The summed E-state index contributed by atoms with van der Waals surface area (Å²) in [6.45, 7) is 8.40. The van der Waals surface area contributed by atoms with Gasteiger partial charge >= 0.3 is 0 Å². The number of fused-ring (bicyclic) bond motifs is 2. The van der Waals surface area contributed by atoms with Gasteiger partial charge in [0, 0.05) is 31.9 Å². The van der Waals surface area contributed by atoms with Gasteiger partial charge in [-0.2, -0.15) is 4.31 Å². The second kappa shape index (κ2) is 8.50. The molecule has 7 nitrogen and oxygen atoms in total. The largest absolute Gasteiger partial charge is 0.379 e. The third-order valence-electron chi connectivity index (χ3n) is 6.50. The summed E-state index contributed by atoms with van der Waals surface area (Å²) in [4.78, 5) is 7.60. The number of imidazole rings is 1. The van der Waals surface area contributed by atoms with Gasteiger partial charge in [0.15, 0.2) is 0 Å². The molecule has 3 aromatic rings. The summed E-state index contributed by atoms with van der Waals surface area (Å²) in [5, 5.41) is 0. The van der Waals surface area contributed by atoms with E-state index >= 15 is 0 Å². The maximum absolute atomic E-state index is 13.1. The average Bonchev–Trinajstić information content (AvgIpc) is 3.15. The standard InChI is InChI=1S/C24H30N4O3S/c1-3-28-23-9-7-20(32(29,30)27-11-13-31-14-12-27)16-21(23)25-24(28)17-26-10-4-5-19-15-18(2)6-8-22(19)26/h6-9,15-16H,3-5,10-14,17H2,1-2H3. The number of benzene rings is 2. The maximum Gasteiger partial charge on any atom is 0.243 e. The molecule has 0 atom stereocenters. The van der Waals surface area contributed by atoms with Crippen molar-refractivity contribution in [2.75, 3.05) is 37.7 Å². The third kappa shape index (κ3) is 3.80. The molecule has 1 saturated heterocycles. The van der Waals surface area contributed by atoms with Crippen molar-refractivity contribution in [3.8, 4) is 0 Å². The van der Waals surface area contributed by atoms with Crippen LogP contribution in [0.25, 0.3) is 11.0 Å². The van der Waals surface area contributed by atoms with Gasteiger partial charge in [0.25, 0.3) is 0 Å². The van der Waals surface area contributed by atoms with Gasteiger partial charge in [-0.05, 0) is 56.5 Å². The van der Waals surface area contributed by atoms with Crippen LogP contribution < -0.4 is 4.90 Å². The molecule has 0 amide bonds. The summed E-state index contributed by atoms with van der Waals surface area (Å²) in [7, 11) is -3.54. The van der Waals surface area contributed by atoms with Gasteiger partial charge in [-0.15, -0.1) is 0 Å². The number of morpholine rings is 1. The first-order chi connectivity index (χ1) is 15.5. The Hall–Kier alpha value is -2.42. The predicted molar refractivity (Wildman–Crippen MR) is 126 cm³/mol. The van der Waals surface area contributed by atoms with Crippen molar-refractivity contribution in [2.24, 2.45) is 0 Å². The normalized spacial score (nSPS) is 17.6. The SMILES string of the molecule is CCn1c(CN2CCCc3cc(C)ccc32)nc2cc(S(=O)(=O)N3CCOCC3)ccc21. The van der Waals surface area contributed by atoms with Crippen LogP contribution in [-0.4, -0.2) is 55.1 Å². The Morgan fingerprint density at radius 3 is 2.66 bits per heavy atom. The van der Waals surface area contributed by atoms with E-state index in [-0.39, 0.29) is 0 Å². The fourth-order valence-corrected chi connectivity index (χ4v) is 6.30. The number of aromatic nitrogens is 2. The minimum absolute atomic E-state index is 0.304. The molecule has 8 heteroatoms. The highest BCUT2D eigenvalue weighted by atomic mass is 32.2. The zero-order valence-corrected chi connectivity index (χ0v) is 19.6. The highest BCUT2D eigenvalue weighted by Gasteiger charge is 2.27. The second-order valence-electron chi connectivity index (χ2n) is 8.60. The Morgan fingerprint density at radius 1 is 1.06 bits per heavy atom. The van der Waals surface area contributed by atoms with E-state index in [4.69, 9.17) is 9.72 Å².